The van der Waals surface area contributed by atoms with E-state index in [0.29, 0.717) is 30.3 Å². The summed E-state index contributed by atoms with van der Waals surface area (Å²) in [5, 5.41) is 3.10. The fraction of sp³-hybridized carbons (Fsp3) is 0.429. The van der Waals surface area contributed by atoms with E-state index < -0.39 is 0 Å². The minimum absolute atomic E-state index is 0.0158. The second kappa shape index (κ2) is 6.72. The maximum atomic E-state index is 12.0. The molecular formula is C14H17ClN2O3. The second-order valence-electron chi connectivity index (χ2n) is 4.71. The van der Waals surface area contributed by atoms with E-state index in [1.165, 1.54) is 0 Å². The molecule has 0 aromatic heterocycles. The quantitative estimate of drug-likeness (QED) is 0.915. The number of hydrogen-bond acceptors (Lipinski definition) is 3. The number of carbonyl (C=O) groups is 2. The third-order valence-corrected chi connectivity index (χ3v) is 3.32. The van der Waals surface area contributed by atoms with E-state index in [-0.39, 0.29) is 24.5 Å². The van der Waals surface area contributed by atoms with Crippen molar-refractivity contribution < 1.29 is 14.3 Å². The molecule has 2 amide bonds. The van der Waals surface area contributed by atoms with Gasteiger partial charge in [-0.25, -0.2) is 0 Å². The van der Waals surface area contributed by atoms with Crippen molar-refractivity contribution in [2.45, 2.75) is 13.0 Å². The SMILES string of the molecule is CC1CN(C(=O)CNC(=O)c2cccc(Cl)c2)CCO1. The minimum atomic E-state index is -0.304. The predicted octanol–water partition coefficient (Wildman–Crippen LogP) is 1.32. The van der Waals surface area contributed by atoms with Gasteiger partial charge in [0.05, 0.1) is 19.3 Å². The van der Waals surface area contributed by atoms with Crippen LogP contribution in [0.4, 0.5) is 0 Å². The number of nitrogens with zero attached hydrogens (tertiary/aromatic N) is 1. The number of rotatable bonds is 3. The summed E-state index contributed by atoms with van der Waals surface area (Å²) in [7, 11) is 0. The molecule has 20 heavy (non-hydrogen) atoms. The summed E-state index contributed by atoms with van der Waals surface area (Å²) in [6, 6.07) is 6.61. The lowest BCUT2D eigenvalue weighted by Gasteiger charge is -2.31. The molecule has 0 saturated carbocycles. The third-order valence-electron chi connectivity index (χ3n) is 3.08. The van der Waals surface area contributed by atoms with E-state index in [9.17, 15) is 9.59 Å². The summed E-state index contributed by atoms with van der Waals surface area (Å²) in [4.78, 5) is 25.6. The van der Waals surface area contributed by atoms with Crippen molar-refractivity contribution in [3.8, 4) is 0 Å². The van der Waals surface area contributed by atoms with Gasteiger partial charge in [-0.1, -0.05) is 17.7 Å². The second-order valence-corrected chi connectivity index (χ2v) is 5.15. The van der Waals surface area contributed by atoms with E-state index in [4.69, 9.17) is 16.3 Å². The largest absolute Gasteiger partial charge is 0.375 e. The Bertz CT molecular complexity index is 507. The molecule has 1 aliphatic heterocycles. The number of benzene rings is 1. The summed E-state index contributed by atoms with van der Waals surface area (Å²) >= 11 is 5.82. The van der Waals surface area contributed by atoms with E-state index in [0.717, 1.165) is 0 Å². The first-order valence-electron chi connectivity index (χ1n) is 6.49. The summed E-state index contributed by atoms with van der Waals surface area (Å²) in [5.41, 5.74) is 0.445. The van der Waals surface area contributed by atoms with Gasteiger partial charge in [0.1, 0.15) is 0 Å². The van der Waals surface area contributed by atoms with Crippen LogP contribution in [0.15, 0.2) is 24.3 Å². The Labute approximate surface area is 122 Å². The fourth-order valence-corrected chi connectivity index (χ4v) is 2.23. The molecule has 1 saturated heterocycles. The summed E-state index contributed by atoms with van der Waals surface area (Å²) in [6.07, 6.45) is 0.0383. The zero-order valence-corrected chi connectivity index (χ0v) is 12.0. The molecule has 0 aliphatic carbocycles. The van der Waals surface area contributed by atoms with Crippen LogP contribution in [0.1, 0.15) is 17.3 Å². The molecular weight excluding hydrogens is 280 g/mol. The maximum absolute atomic E-state index is 12.0. The minimum Gasteiger partial charge on any atom is -0.375 e. The van der Waals surface area contributed by atoms with Crippen LogP contribution in [0.2, 0.25) is 5.02 Å². The highest BCUT2D eigenvalue weighted by molar-refractivity contribution is 6.30. The molecule has 1 heterocycles. The number of halogens is 1. The zero-order valence-electron chi connectivity index (χ0n) is 11.3. The van der Waals surface area contributed by atoms with E-state index in [1.807, 2.05) is 6.92 Å². The van der Waals surface area contributed by atoms with Crippen LogP contribution in [0.25, 0.3) is 0 Å². The summed E-state index contributed by atoms with van der Waals surface area (Å²) in [6.45, 7) is 3.57. The van der Waals surface area contributed by atoms with Gasteiger partial charge in [-0.2, -0.15) is 0 Å². The number of ether oxygens (including phenoxy) is 1. The fourth-order valence-electron chi connectivity index (χ4n) is 2.04. The molecule has 1 fully saturated rings. The number of nitrogens with one attached hydrogen (secondary N) is 1. The first-order valence-corrected chi connectivity index (χ1v) is 6.87. The lowest BCUT2D eigenvalue weighted by molar-refractivity contribution is -0.137. The monoisotopic (exact) mass is 296 g/mol. The molecule has 1 aromatic rings. The molecule has 1 unspecified atom stereocenters. The van der Waals surface area contributed by atoms with E-state index >= 15 is 0 Å². The molecule has 0 spiro atoms. The van der Waals surface area contributed by atoms with Crippen LogP contribution in [-0.2, 0) is 9.53 Å². The van der Waals surface area contributed by atoms with Crippen molar-refractivity contribution >= 4 is 23.4 Å². The molecule has 5 nitrogen and oxygen atoms in total. The van der Waals surface area contributed by atoms with Gasteiger partial charge in [0, 0.05) is 23.7 Å². The van der Waals surface area contributed by atoms with Crippen LogP contribution in [-0.4, -0.2) is 49.1 Å². The van der Waals surface area contributed by atoms with Crippen LogP contribution in [0.5, 0.6) is 0 Å². The van der Waals surface area contributed by atoms with Crippen molar-refractivity contribution in [1.29, 1.82) is 0 Å². The Balaban J connectivity index is 1.85. The maximum Gasteiger partial charge on any atom is 0.251 e. The van der Waals surface area contributed by atoms with Gasteiger partial charge < -0.3 is 15.0 Å². The average molecular weight is 297 g/mol. The van der Waals surface area contributed by atoms with Gasteiger partial charge in [-0.3, -0.25) is 9.59 Å². The van der Waals surface area contributed by atoms with Gasteiger partial charge in [0.2, 0.25) is 5.91 Å². The molecule has 1 aromatic carbocycles. The summed E-state index contributed by atoms with van der Waals surface area (Å²) in [5.74, 6) is -0.405. The molecule has 0 bridgehead atoms. The average Bonchev–Trinajstić information content (AvgIpc) is 2.44. The Hall–Kier alpha value is -1.59. The summed E-state index contributed by atoms with van der Waals surface area (Å²) < 4.78 is 5.37. The number of amides is 2. The highest BCUT2D eigenvalue weighted by Crippen LogP contribution is 2.10. The van der Waals surface area contributed by atoms with Crippen molar-refractivity contribution in [3.63, 3.8) is 0 Å². The Morgan fingerprint density at radius 1 is 1.50 bits per heavy atom. The smallest absolute Gasteiger partial charge is 0.251 e. The molecule has 6 heteroatoms. The van der Waals surface area contributed by atoms with Gasteiger partial charge >= 0.3 is 0 Å². The van der Waals surface area contributed by atoms with Crippen molar-refractivity contribution in [2.24, 2.45) is 0 Å². The van der Waals surface area contributed by atoms with Crippen LogP contribution >= 0.6 is 11.6 Å². The highest BCUT2D eigenvalue weighted by atomic mass is 35.5. The lowest BCUT2D eigenvalue weighted by Crippen LogP contribution is -2.48. The Morgan fingerprint density at radius 3 is 3.00 bits per heavy atom. The normalized spacial score (nSPS) is 18.7. The van der Waals surface area contributed by atoms with Crippen molar-refractivity contribution in [3.05, 3.63) is 34.9 Å². The van der Waals surface area contributed by atoms with Crippen LogP contribution in [0, 0.1) is 0 Å². The van der Waals surface area contributed by atoms with Gasteiger partial charge in [-0.15, -0.1) is 0 Å². The molecule has 1 atom stereocenters. The van der Waals surface area contributed by atoms with Crippen LogP contribution in [0.3, 0.4) is 0 Å². The molecule has 2 rings (SSSR count). The number of morpholine rings is 1. The first-order chi connectivity index (χ1) is 9.56. The van der Waals surface area contributed by atoms with Crippen LogP contribution < -0.4 is 5.32 Å². The first kappa shape index (κ1) is 14.8. The van der Waals surface area contributed by atoms with E-state index in [1.54, 1.807) is 29.2 Å². The predicted molar refractivity (Wildman–Crippen MR) is 75.8 cm³/mol. The molecule has 1 N–H and O–H groups in total. The van der Waals surface area contributed by atoms with Gasteiger partial charge in [0.15, 0.2) is 0 Å². The van der Waals surface area contributed by atoms with Crippen molar-refractivity contribution in [1.82, 2.24) is 10.2 Å². The van der Waals surface area contributed by atoms with Crippen molar-refractivity contribution in [2.75, 3.05) is 26.2 Å². The van der Waals surface area contributed by atoms with Gasteiger partial charge in [0.25, 0.3) is 5.91 Å². The molecule has 1 aliphatic rings. The highest BCUT2D eigenvalue weighted by Gasteiger charge is 2.21. The topological polar surface area (TPSA) is 58.6 Å². The Kier molecular flexibility index (Phi) is 4.98. The lowest BCUT2D eigenvalue weighted by atomic mass is 10.2. The molecule has 0 radical (unpaired) electrons. The number of hydrogen-bond donors (Lipinski definition) is 1. The third kappa shape index (κ3) is 3.95. The number of carbonyl (C=O) groups excluding carboxylic acids is 2. The molecule has 108 valence electrons. The Morgan fingerprint density at radius 2 is 2.30 bits per heavy atom. The standard InChI is InChI=1S/C14H17ClN2O3/c1-10-9-17(5-6-20-10)13(18)8-16-14(19)11-3-2-4-12(15)7-11/h2-4,7,10H,5-6,8-9H2,1H3,(H,16,19). The zero-order chi connectivity index (χ0) is 14.5. The van der Waals surface area contributed by atoms with Gasteiger partial charge in [-0.05, 0) is 25.1 Å². The van der Waals surface area contributed by atoms with E-state index in [2.05, 4.69) is 5.32 Å².